The number of aryl methyl sites for hydroxylation is 2. The predicted molar refractivity (Wildman–Crippen MR) is 171 cm³/mol. The number of benzene rings is 2. The highest BCUT2D eigenvalue weighted by Crippen LogP contribution is 2.35. The number of carbonyl (C=O) groups excluding carboxylic acids is 3. The van der Waals surface area contributed by atoms with Crippen LogP contribution >= 0.6 is 7.82 Å². The van der Waals surface area contributed by atoms with Gasteiger partial charge >= 0.3 is 26.0 Å². The highest BCUT2D eigenvalue weighted by molar-refractivity contribution is 7.46. The third-order valence-corrected chi connectivity index (χ3v) is 6.68. The number of unbranched alkanes of at least 4 members (excludes halogenated alkanes) is 1. The van der Waals surface area contributed by atoms with Gasteiger partial charge in [0.15, 0.2) is 0 Å². The third kappa shape index (κ3) is 16.3. The number of nitrogens with zero attached hydrogens (tertiary/aromatic N) is 1. The normalized spacial score (nSPS) is 11.3. The summed E-state index contributed by atoms with van der Waals surface area (Å²) in [5.74, 6) is 0.193. The Hall–Kier alpha value is -3.64. The molecule has 0 aliphatic rings. The number of carbonyl (C=O) groups is 3. The van der Waals surface area contributed by atoms with Gasteiger partial charge in [0.1, 0.15) is 0 Å². The second-order valence-electron chi connectivity index (χ2n) is 11.4. The van der Waals surface area contributed by atoms with Crippen LogP contribution in [0, 0.1) is 18.8 Å². The number of esters is 1. The first-order chi connectivity index (χ1) is 21.2. The molecule has 0 fully saturated rings. The van der Waals surface area contributed by atoms with E-state index < -0.39 is 26.7 Å². The summed E-state index contributed by atoms with van der Waals surface area (Å²) in [5, 5.41) is 5.85. The van der Waals surface area contributed by atoms with Crippen LogP contribution < -0.4 is 15.5 Å². The molecule has 0 saturated heterocycles. The van der Waals surface area contributed by atoms with Crippen LogP contribution in [0.5, 0.6) is 0 Å². The van der Waals surface area contributed by atoms with Crippen LogP contribution in [0.1, 0.15) is 58.1 Å². The minimum absolute atomic E-state index is 0.00797. The van der Waals surface area contributed by atoms with Gasteiger partial charge < -0.3 is 39.5 Å². The summed E-state index contributed by atoms with van der Waals surface area (Å²) >= 11 is 0. The van der Waals surface area contributed by atoms with Crippen molar-refractivity contribution in [1.29, 1.82) is 0 Å². The minimum Gasteiger partial charge on any atom is -0.434 e. The first-order valence-electron chi connectivity index (χ1n) is 14.9. The average Bonchev–Trinajstić information content (AvgIpc) is 2.93. The Morgan fingerprint density at radius 1 is 0.867 bits per heavy atom. The van der Waals surface area contributed by atoms with E-state index in [0.29, 0.717) is 36.1 Å². The Morgan fingerprint density at radius 3 is 2.13 bits per heavy atom. The molecule has 250 valence electrons. The molecule has 0 atom stereocenters. The molecule has 2 rings (SSSR count). The molecule has 4 N–H and O–H groups in total. The molecule has 0 spiro atoms. The van der Waals surface area contributed by atoms with Gasteiger partial charge in [0.25, 0.3) is 0 Å². The Labute approximate surface area is 264 Å². The summed E-state index contributed by atoms with van der Waals surface area (Å²) in [4.78, 5) is 56.4. The van der Waals surface area contributed by atoms with Gasteiger partial charge in [0, 0.05) is 25.2 Å². The van der Waals surface area contributed by atoms with Gasteiger partial charge in [-0.1, -0.05) is 51.5 Å². The van der Waals surface area contributed by atoms with Gasteiger partial charge in [0.2, 0.25) is 6.79 Å². The van der Waals surface area contributed by atoms with Crippen molar-refractivity contribution in [2.75, 3.05) is 48.6 Å². The summed E-state index contributed by atoms with van der Waals surface area (Å²) < 4.78 is 29.4. The summed E-state index contributed by atoms with van der Waals surface area (Å²) in [6, 6.07) is 12.8. The number of ether oxygens (including phenoxy) is 3. The van der Waals surface area contributed by atoms with Crippen molar-refractivity contribution < 1.29 is 47.5 Å². The number of amides is 2. The van der Waals surface area contributed by atoms with E-state index in [4.69, 9.17) is 24.0 Å². The highest BCUT2D eigenvalue weighted by Gasteiger charge is 2.18. The number of rotatable bonds is 18. The summed E-state index contributed by atoms with van der Waals surface area (Å²) in [5.41, 5.74) is 4.05. The van der Waals surface area contributed by atoms with Gasteiger partial charge in [-0.15, -0.1) is 0 Å². The molecule has 0 unspecified atom stereocenters. The number of hydrogen-bond donors (Lipinski definition) is 4. The van der Waals surface area contributed by atoms with Crippen LogP contribution in [0.3, 0.4) is 0 Å². The number of phosphoric acid groups is 1. The van der Waals surface area contributed by atoms with Gasteiger partial charge in [0.05, 0.1) is 24.6 Å². The van der Waals surface area contributed by atoms with Crippen LogP contribution in [0.2, 0.25) is 0 Å². The molecule has 0 aliphatic carbocycles. The molecule has 0 saturated carbocycles. The lowest BCUT2D eigenvalue weighted by Gasteiger charge is -2.30. The smallest absolute Gasteiger partial charge is 0.434 e. The summed E-state index contributed by atoms with van der Waals surface area (Å²) in [6.45, 7) is 11.3. The molecule has 2 amide bonds. The van der Waals surface area contributed by atoms with E-state index in [-0.39, 0.29) is 32.1 Å². The zero-order valence-corrected chi connectivity index (χ0v) is 27.5. The van der Waals surface area contributed by atoms with Crippen molar-refractivity contribution in [3.05, 3.63) is 53.6 Å². The van der Waals surface area contributed by atoms with Crippen molar-refractivity contribution >= 4 is 43.0 Å². The molecule has 13 nitrogen and oxygen atoms in total. The molecule has 14 heteroatoms. The second-order valence-corrected chi connectivity index (χ2v) is 12.6. The molecule has 0 aliphatic heterocycles. The van der Waals surface area contributed by atoms with Crippen molar-refractivity contribution in [3.8, 4) is 0 Å². The topological polar surface area (TPSA) is 173 Å². The van der Waals surface area contributed by atoms with Gasteiger partial charge in [-0.2, -0.15) is 0 Å². The SMILES string of the molecule is Cc1ccc(NC(=O)Nc2cc(CCC(=O)OCOC(=O)OCCCCOP(=O)(O)O)ccc2N(CC(C)C)CC(C)C)cc1. The molecule has 0 bridgehead atoms. The fourth-order valence-electron chi connectivity index (χ4n) is 4.24. The third-order valence-electron chi connectivity index (χ3n) is 6.16. The second kappa shape index (κ2) is 19.0. The Balaban J connectivity index is 1.95. The molecule has 0 heterocycles. The Kier molecular flexibility index (Phi) is 15.9. The van der Waals surface area contributed by atoms with Gasteiger partial charge in [-0.05, 0) is 67.9 Å². The molecule has 0 aromatic heterocycles. The molecule has 2 aromatic rings. The maximum Gasteiger partial charge on any atom is 0.511 e. The van der Waals surface area contributed by atoms with Crippen molar-refractivity contribution in [2.24, 2.45) is 11.8 Å². The fourth-order valence-corrected chi connectivity index (χ4v) is 4.60. The maximum atomic E-state index is 13.0. The monoisotopic (exact) mass is 651 g/mol. The minimum atomic E-state index is -4.52. The number of urea groups is 1. The summed E-state index contributed by atoms with van der Waals surface area (Å²) in [6.07, 6.45) is -0.153. The molecule has 0 radical (unpaired) electrons. The molecular formula is C31H46N3O10P. The molecule has 45 heavy (non-hydrogen) atoms. The lowest BCUT2D eigenvalue weighted by Crippen LogP contribution is -2.32. The van der Waals surface area contributed by atoms with E-state index >= 15 is 0 Å². The van der Waals surface area contributed by atoms with Gasteiger partial charge in [-0.3, -0.25) is 9.32 Å². The van der Waals surface area contributed by atoms with Crippen molar-refractivity contribution in [2.45, 2.75) is 60.3 Å². The molecular weight excluding hydrogens is 605 g/mol. The van der Waals surface area contributed by atoms with E-state index in [1.54, 1.807) is 0 Å². The quantitative estimate of drug-likeness (QED) is 0.0622. The lowest BCUT2D eigenvalue weighted by molar-refractivity contribution is -0.153. The van der Waals surface area contributed by atoms with Crippen LogP contribution in [-0.2, 0) is 34.5 Å². The van der Waals surface area contributed by atoms with Crippen molar-refractivity contribution in [1.82, 2.24) is 0 Å². The van der Waals surface area contributed by atoms with E-state index in [9.17, 15) is 18.9 Å². The van der Waals surface area contributed by atoms with Crippen LogP contribution in [0.25, 0.3) is 0 Å². The van der Waals surface area contributed by atoms with Gasteiger partial charge in [-0.25, -0.2) is 14.2 Å². The molecule has 2 aromatic carbocycles. The number of hydrogen-bond acceptors (Lipinski definition) is 9. The number of nitrogens with one attached hydrogen (secondary N) is 2. The van der Waals surface area contributed by atoms with E-state index in [1.165, 1.54) is 0 Å². The summed E-state index contributed by atoms with van der Waals surface area (Å²) in [7, 11) is -4.52. The van der Waals surface area contributed by atoms with Crippen molar-refractivity contribution in [3.63, 3.8) is 0 Å². The zero-order valence-electron chi connectivity index (χ0n) is 26.6. The van der Waals surface area contributed by atoms with Crippen LogP contribution in [-0.4, -0.2) is 61.0 Å². The maximum absolute atomic E-state index is 13.0. The number of anilines is 3. The first kappa shape index (κ1) is 37.5. The highest BCUT2D eigenvalue weighted by atomic mass is 31.2. The van der Waals surface area contributed by atoms with E-state index in [1.807, 2.05) is 49.4 Å². The lowest BCUT2D eigenvalue weighted by atomic mass is 10.1. The van der Waals surface area contributed by atoms with E-state index in [0.717, 1.165) is 29.9 Å². The zero-order chi connectivity index (χ0) is 33.4. The first-order valence-corrected chi connectivity index (χ1v) is 16.4. The predicted octanol–water partition coefficient (Wildman–Crippen LogP) is 6.23. The number of phosphoric ester groups is 1. The largest absolute Gasteiger partial charge is 0.511 e. The Morgan fingerprint density at radius 2 is 1.51 bits per heavy atom. The van der Waals surface area contributed by atoms with Crippen LogP contribution in [0.4, 0.5) is 26.7 Å². The Bertz CT molecular complexity index is 1270. The van der Waals surface area contributed by atoms with E-state index in [2.05, 4.69) is 47.8 Å². The standard InChI is InChI=1S/C31H46N3O10P/c1-22(2)19-34(20-23(3)4)28-14-10-25(18-27(28)33-30(36)32-26-12-8-24(5)9-13-26)11-15-29(35)42-21-43-31(37)41-16-6-7-17-44-45(38,39)40/h8-10,12-14,18,22-23H,6-7,11,15-17,19-21H2,1-5H3,(H2,32,33,36)(H2,38,39,40). The fraction of sp³-hybridized carbons (Fsp3) is 0.516. The van der Waals surface area contributed by atoms with Crippen LogP contribution in [0.15, 0.2) is 42.5 Å². The average molecular weight is 652 g/mol.